The van der Waals surface area contributed by atoms with Crippen LogP contribution in [-0.2, 0) is 17.8 Å². The summed E-state index contributed by atoms with van der Waals surface area (Å²) < 4.78 is 1.50. The van der Waals surface area contributed by atoms with Gasteiger partial charge < -0.3 is 5.32 Å². The van der Waals surface area contributed by atoms with Gasteiger partial charge in [0.25, 0.3) is 5.56 Å². The lowest BCUT2D eigenvalue weighted by molar-refractivity contribution is -0.116. The van der Waals surface area contributed by atoms with Gasteiger partial charge in [0.1, 0.15) is 9.84 Å². The van der Waals surface area contributed by atoms with Crippen molar-refractivity contribution in [3.63, 3.8) is 0 Å². The molecule has 4 aromatic rings. The van der Waals surface area contributed by atoms with Crippen LogP contribution in [0.3, 0.4) is 0 Å². The maximum absolute atomic E-state index is 13.1. The highest BCUT2D eigenvalue weighted by Crippen LogP contribution is 2.30. The highest BCUT2D eigenvalue weighted by molar-refractivity contribution is 7.17. The Kier molecular flexibility index (Phi) is 6.24. The predicted octanol–water partition coefficient (Wildman–Crippen LogP) is 4.51. The van der Waals surface area contributed by atoms with E-state index in [0.717, 1.165) is 28.1 Å². The molecular formula is C22H23N5O2S2. The third-order valence-electron chi connectivity index (χ3n) is 4.80. The molecule has 0 unspecified atom stereocenters. The quantitative estimate of drug-likeness (QED) is 0.445. The lowest BCUT2D eigenvalue weighted by Crippen LogP contribution is -2.23. The van der Waals surface area contributed by atoms with Crippen molar-refractivity contribution in [1.29, 1.82) is 0 Å². The second kappa shape index (κ2) is 9.07. The van der Waals surface area contributed by atoms with E-state index < -0.39 is 0 Å². The number of fused-ring (bicyclic) bond motifs is 1. The molecular weight excluding hydrogens is 430 g/mol. The summed E-state index contributed by atoms with van der Waals surface area (Å²) in [6.07, 6.45) is 2.49. The summed E-state index contributed by atoms with van der Waals surface area (Å²) in [6, 6.07) is 8.07. The van der Waals surface area contributed by atoms with Crippen molar-refractivity contribution < 1.29 is 4.79 Å². The highest BCUT2D eigenvalue weighted by atomic mass is 32.1. The first-order valence-corrected chi connectivity index (χ1v) is 11.8. The summed E-state index contributed by atoms with van der Waals surface area (Å²) in [5.41, 5.74) is 2.89. The van der Waals surface area contributed by atoms with Gasteiger partial charge in [0, 0.05) is 30.3 Å². The van der Waals surface area contributed by atoms with Gasteiger partial charge in [0.05, 0.1) is 11.7 Å². The molecule has 0 saturated heterocycles. The second-order valence-corrected chi connectivity index (χ2v) is 9.76. The minimum absolute atomic E-state index is 0.134. The summed E-state index contributed by atoms with van der Waals surface area (Å²) in [5.74, 6) is 0.274. The fourth-order valence-electron chi connectivity index (χ4n) is 3.21. The molecule has 0 fully saturated rings. The molecule has 0 aliphatic heterocycles. The molecule has 0 bridgehead atoms. The Morgan fingerprint density at radius 3 is 2.71 bits per heavy atom. The first-order valence-electron chi connectivity index (χ1n) is 10.1. The number of anilines is 1. The van der Waals surface area contributed by atoms with Gasteiger partial charge in [-0.15, -0.1) is 21.5 Å². The van der Waals surface area contributed by atoms with Crippen LogP contribution in [0.5, 0.6) is 0 Å². The zero-order valence-electron chi connectivity index (χ0n) is 17.6. The van der Waals surface area contributed by atoms with Gasteiger partial charge in [0.2, 0.25) is 11.0 Å². The number of nitrogens with one attached hydrogen (secondary N) is 1. The second-order valence-electron chi connectivity index (χ2n) is 7.84. The minimum atomic E-state index is -0.205. The molecule has 3 aromatic heterocycles. The number of thiophene rings is 1. The lowest BCUT2D eigenvalue weighted by Gasteiger charge is -2.06. The standard InChI is InChI=1S/C22H23N5O2S2/c1-13(2)10-18-25-26-22(31-18)24-17(28)8-9-27-12-23-20-19(21(27)29)16(11-30-20)15-6-4-14(3)5-7-15/h4-7,11-13H,8-10H2,1-3H3,(H,24,26,28). The maximum Gasteiger partial charge on any atom is 0.262 e. The predicted molar refractivity (Wildman–Crippen MR) is 126 cm³/mol. The lowest BCUT2D eigenvalue weighted by atomic mass is 10.1. The van der Waals surface area contributed by atoms with Gasteiger partial charge in [-0.1, -0.05) is 55.0 Å². The van der Waals surface area contributed by atoms with Crippen molar-refractivity contribution in [1.82, 2.24) is 19.7 Å². The fourth-order valence-corrected chi connectivity index (χ4v) is 5.09. The van der Waals surface area contributed by atoms with E-state index in [9.17, 15) is 9.59 Å². The number of hydrogen-bond acceptors (Lipinski definition) is 7. The van der Waals surface area contributed by atoms with Crippen LogP contribution in [0.4, 0.5) is 5.13 Å². The largest absolute Gasteiger partial charge is 0.300 e. The van der Waals surface area contributed by atoms with Crippen LogP contribution in [0.2, 0.25) is 0 Å². The van der Waals surface area contributed by atoms with Crippen LogP contribution in [0.25, 0.3) is 21.3 Å². The zero-order chi connectivity index (χ0) is 22.0. The average molecular weight is 454 g/mol. The van der Waals surface area contributed by atoms with Crippen LogP contribution in [-0.4, -0.2) is 25.7 Å². The monoisotopic (exact) mass is 453 g/mol. The van der Waals surface area contributed by atoms with E-state index in [-0.39, 0.29) is 24.4 Å². The number of carbonyl (C=O) groups excluding carboxylic acids is 1. The van der Waals surface area contributed by atoms with Gasteiger partial charge in [-0.05, 0) is 18.4 Å². The SMILES string of the molecule is Cc1ccc(-c2csc3ncn(CCC(=O)Nc4nnc(CC(C)C)s4)c(=O)c23)cc1. The van der Waals surface area contributed by atoms with Gasteiger partial charge in [-0.25, -0.2) is 4.98 Å². The summed E-state index contributed by atoms with van der Waals surface area (Å²) >= 11 is 2.84. The van der Waals surface area contributed by atoms with Crippen LogP contribution in [0.1, 0.15) is 30.8 Å². The molecule has 4 rings (SSSR count). The summed E-state index contributed by atoms with van der Waals surface area (Å²) in [5, 5.41) is 14.8. The number of hydrogen-bond donors (Lipinski definition) is 1. The normalized spacial score (nSPS) is 11.4. The molecule has 1 amide bonds. The highest BCUT2D eigenvalue weighted by Gasteiger charge is 2.15. The molecule has 1 aromatic carbocycles. The summed E-state index contributed by atoms with van der Waals surface area (Å²) in [6.45, 7) is 6.50. The van der Waals surface area contributed by atoms with Crippen molar-refractivity contribution >= 4 is 43.9 Å². The van der Waals surface area contributed by atoms with Gasteiger partial charge >= 0.3 is 0 Å². The Bertz CT molecular complexity index is 1270. The third-order valence-corrected chi connectivity index (χ3v) is 6.55. The van der Waals surface area contributed by atoms with E-state index in [0.29, 0.717) is 21.3 Å². The molecule has 1 N–H and O–H groups in total. The van der Waals surface area contributed by atoms with E-state index in [2.05, 4.69) is 34.3 Å². The maximum atomic E-state index is 13.1. The van der Waals surface area contributed by atoms with Crippen LogP contribution in [0, 0.1) is 12.8 Å². The van der Waals surface area contributed by atoms with Gasteiger partial charge in [-0.3, -0.25) is 14.2 Å². The summed E-state index contributed by atoms with van der Waals surface area (Å²) in [4.78, 5) is 30.6. The van der Waals surface area contributed by atoms with Gasteiger partial charge in [0.15, 0.2) is 0 Å². The molecule has 0 aliphatic carbocycles. The van der Waals surface area contributed by atoms with Crippen LogP contribution < -0.4 is 10.9 Å². The number of carbonyl (C=O) groups is 1. The first-order chi connectivity index (χ1) is 14.9. The van der Waals surface area contributed by atoms with Crippen molar-refractivity contribution in [2.24, 2.45) is 5.92 Å². The fraction of sp³-hybridized carbons (Fsp3) is 0.318. The first kappa shape index (κ1) is 21.3. The Labute approximate surface area is 187 Å². The molecule has 0 atom stereocenters. The molecule has 0 aliphatic rings. The number of amides is 1. The van der Waals surface area contributed by atoms with Crippen molar-refractivity contribution in [2.45, 2.75) is 40.2 Å². The molecule has 9 heteroatoms. The Balaban J connectivity index is 1.48. The Morgan fingerprint density at radius 2 is 1.97 bits per heavy atom. The van der Waals surface area contributed by atoms with E-state index in [1.807, 2.05) is 36.6 Å². The smallest absolute Gasteiger partial charge is 0.262 e. The van der Waals surface area contributed by atoms with Gasteiger partial charge in [-0.2, -0.15) is 0 Å². The van der Waals surface area contributed by atoms with Crippen molar-refractivity contribution in [3.8, 4) is 11.1 Å². The van der Waals surface area contributed by atoms with Crippen LogP contribution >= 0.6 is 22.7 Å². The number of benzene rings is 1. The van der Waals surface area contributed by atoms with Crippen molar-refractivity contribution in [2.75, 3.05) is 5.32 Å². The van der Waals surface area contributed by atoms with E-state index in [4.69, 9.17) is 0 Å². The van der Waals surface area contributed by atoms with E-state index >= 15 is 0 Å². The average Bonchev–Trinajstić information content (AvgIpc) is 3.35. The van der Waals surface area contributed by atoms with E-state index in [1.165, 1.54) is 33.6 Å². The number of aryl methyl sites for hydroxylation is 2. The number of nitrogens with zero attached hydrogens (tertiary/aromatic N) is 4. The molecule has 3 heterocycles. The molecule has 0 spiro atoms. The molecule has 7 nitrogen and oxygen atoms in total. The number of rotatable bonds is 7. The number of aromatic nitrogens is 4. The minimum Gasteiger partial charge on any atom is -0.300 e. The molecule has 31 heavy (non-hydrogen) atoms. The Hall–Kier alpha value is -2.91. The van der Waals surface area contributed by atoms with Crippen molar-refractivity contribution in [3.05, 3.63) is 56.9 Å². The van der Waals surface area contributed by atoms with Crippen LogP contribution in [0.15, 0.2) is 40.8 Å². The summed E-state index contributed by atoms with van der Waals surface area (Å²) in [7, 11) is 0. The zero-order valence-corrected chi connectivity index (χ0v) is 19.2. The topological polar surface area (TPSA) is 89.8 Å². The molecule has 0 saturated carbocycles. The Morgan fingerprint density at radius 1 is 1.19 bits per heavy atom. The molecule has 0 radical (unpaired) electrons. The third kappa shape index (κ3) is 4.88. The van der Waals surface area contributed by atoms with E-state index in [1.54, 1.807) is 0 Å². The molecule has 160 valence electrons.